The maximum absolute atomic E-state index is 13.2. The number of rotatable bonds is 5. The number of thioether (sulfide) groups is 1. The Labute approximate surface area is 168 Å². The number of aryl methyl sites for hydroxylation is 1. The molecule has 0 fully saturated rings. The number of nitrogens with two attached hydrogens (primary N) is 1. The fraction of sp³-hybridized carbons (Fsp3) is 0.167. The summed E-state index contributed by atoms with van der Waals surface area (Å²) in [5.41, 5.74) is 1.57. The molecule has 140 valence electrons. The summed E-state index contributed by atoms with van der Waals surface area (Å²) >= 11 is 2.74. The molecule has 0 saturated heterocycles. The standard InChI is InChI=1S/C18H15N7OS2/c1-11-22-23-18(25(11)20)28-10-14-21-16-15(17(26)24(14)8-7-19)13(9-27-16)12-5-3-2-4-6-12/h2-6,9H,8,10,20H2,1H3. The quantitative estimate of drug-likeness (QED) is 0.398. The average molecular weight is 410 g/mol. The molecule has 2 N–H and O–H groups in total. The Morgan fingerprint density at radius 2 is 2.07 bits per heavy atom. The molecule has 28 heavy (non-hydrogen) atoms. The van der Waals surface area contributed by atoms with Crippen molar-refractivity contribution in [2.45, 2.75) is 24.4 Å². The van der Waals surface area contributed by atoms with Gasteiger partial charge in [-0.3, -0.25) is 9.36 Å². The number of benzene rings is 1. The number of fused-ring (bicyclic) bond motifs is 1. The van der Waals surface area contributed by atoms with E-state index in [2.05, 4.69) is 21.3 Å². The highest BCUT2D eigenvalue weighted by Crippen LogP contribution is 2.31. The zero-order valence-corrected chi connectivity index (χ0v) is 16.5. The van der Waals surface area contributed by atoms with Crippen molar-refractivity contribution in [1.29, 1.82) is 5.26 Å². The van der Waals surface area contributed by atoms with Crippen LogP contribution >= 0.6 is 23.1 Å². The zero-order valence-electron chi connectivity index (χ0n) is 14.9. The van der Waals surface area contributed by atoms with Crippen LogP contribution < -0.4 is 11.4 Å². The Morgan fingerprint density at radius 1 is 1.29 bits per heavy atom. The molecule has 10 heteroatoms. The van der Waals surface area contributed by atoms with Gasteiger partial charge in [-0.2, -0.15) is 5.26 Å². The lowest BCUT2D eigenvalue weighted by atomic mass is 10.1. The van der Waals surface area contributed by atoms with Gasteiger partial charge in [0.1, 0.15) is 23.0 Å². The van der Waals surface area contributed by atoms with Crippen molar-refractivity contribution in [3.05, 3.63) is 57.7 Å². The molecule has 0 radical (unpaired) electrons. The minimum absolute atomic E-state index is 0.0733. The highest BCUT2D eigenvalue weighted by Gasteiger charge is 2.18. The number of nitriles is 1. The fourth-order valence-corrected chi connectivity index (χ4v) is 4.62. The lowest BCUT2D eigenvalue weighted by molar-refractivity contribution is 0.730. The fourth-order valence-electron chi connectivity index (χ4n) is 2.82. The Balaban J connectivity index is 1.79. The number of hydrogen-bond acceptors (Lipinski definition) is 8. The first-order valence-electron chi connectivity index (χ1n) is 8.33. The molecule has 0 atom stereocenters. The summed E-state index contributed by atoms with van der Waals surface area (Å²) in [5, 5.41) is 20.1. The summed E-state index contributed by atoms with van der Waals surface area (Å²) in [5.74, 6) is 7.33. The summed E-state index contributed by atoms with van der Waals surface area (Å²) in [6.45, 7) is 1.68. The number of nitrogens with zero attached hydrogens (tertiary/aromatic N) is 6. The largest absolute Gasteiger partial charge is 0.336 e. The topological polar surface area (TPSA) is 115 Å². The maximum Gasteiger partial charge on any atom is 0.263 e. The van der Waals surface area contributed by atoms with Crippen molar-refractivity contribution >= 4 is 33.3 Å². The van der Waals surface area contributed by atoms with Gasteiger partial charge >= 0.3 is 0 Å². The summed E-state index contributed by atoms with van der Waals surface area (Å²) in [7, 11) is 0. The Morgan fingerprint density at radius 3 is 2.75 bits per heavy atom. The molecule has 0 aliphatic carbocycles. The molecule has 0 bridgehead atoms. The second kappa shape index (κ2) is 7.46. The molecule has 4 aromatic rings. The number of thiophene rings is 1. The van der Waals surface area contributed by atoms with E-state index in [0.717, 1.165) is 11.1 Å². The normalized spacial score (nSPS) is 11.0. The third-order valence-corrected chi connectivity index (χ3v) is 6.06. The van der Waals surface area contributed by atoms with E-state index in [-0.39, 0.29) is 12.1 Å². The molecule has 3 aromatic heterocycles. The predicted octanol–water partition coefficient (Wildman–Crippen LogP) is 2.55. The molecule has 3 heterocycles. The van der Waals surface area contributed by atoms with Gasteiger partial charge in [-0.05, 0) is 12.5 Å². The van der Waals surface area contributed by atoms with Gasteiger partial charge in [0, 0.05) is 10.9 Å². The minimum atomic E-state index is -0.215. The molecule has 1 aromatic carbocycles. The van der Waals surface area contributed by atoms with Gasteiger partial charge < -0.3 is 5.84 Å². The van der Waals surface area contributed by atoms with Gasteiger partial charge in [0.2, 0.25) is 5.16 Å². The summed E-state index contributed by atoms with van der Waals surface area (Å²) < 4.78 is 2.80. The first-order valence-corrected chi connectivity index (χ1v) is 10.2. The highest BCUT2D eigenvalue weighted by atomic mass is 32.2. The maximum atomic E-state index is 13.2. The van der Waals surface area contributed by atoms with Crippen LogP contribution in [0.5, 0.6) is 0 Å². The third-order valence-electron chi connectivity index (χ3n) is 4.25. The molecular weight excluding hydrogens is 394 g/mol. The van der Waals surface area contributed by atoms with Crippen LogP contribution in [0.1, 0.15) is 11.6 Å². The van der Waals surface area contributed by atoms with Crippen LogP contribution in [-0.4, -0.2) is 24.4 Å². The molecule has 0 aliphatic rings. The molecule has 8 nitrogen and oxygen atoms in total. The van der Waals surface area contributed by atoms with Crippen LogP contribution in [0, 0.1) is 18.3 Å². The summed E-state index contributed by atoms with van der Waals surface area (Å²) in [6.07, 6.45) is 0. The van der Waals surface area contributed by atoms with Gasteiger partial charge in [-0.1, -0.05) is 42.1 Å². The van der Waals surface area contributed by atoms with Crippen molar-refractivity contribution in [3.8, 4) is 17.2 Å². The van der Waals surface area contributed by atoms with Crippen LogP contribution in [0.2, 0.25) is 0 Å². The van der Waals surface area contributed by atoms with Gasteiger partial charge in [0.05, 0.1) is 17.2 Å². The molecule has 0 aliphatic heterocycles. The van der Waals surface area contributed by atoms with E-state index in [4.69, 9.17) is 5.84 Å². The van der Waals surface area contributed by atoms with Crippen molar-refractivity contribution in [2.24, 2.45) is 0 Å². The van der Waals surface area contributed by atoms with E-state index in [1.165, 1.54) is 32.3 Å². The highest BCUT2D eigenvalue weighted by molar-refractivity contribution is 7.98. The molecular formula is C18H15N7OS2. The van der Waals surface area contributed by atoms with Crippen LogP contribution in [0.15, 0.2) is 45.7 Å². The van der Waals surface area contributed by atoms with E-state index < -0.39 is 0 Å². The van der Waals surface area contributed by atoms with E-state index in [9.17, 15) is 10.1 Å². The van der Waals surface area contributed by atoms with E-state index in [1.54, 1.807) is 6.92 Å². The lowest BCUT2D eigenvalue weighted by Gasteiger charge is -2.09. The minimum Gasteiger partial charge on any atom is -0.336 e. The molecule has 0 spiro atoms. The van der Waals surface area contributed by atoms with Gasteiger partial charge in [-0.15, -0.1) is 21.5 Å². The summed E-state index contributed by atoms with van der Waals surface area (Å²) in [6, 6.07) is 11.7. The van der Waals surface area contributed by atoms with Gasteiger partial charge in [-0.25, -0.2) is 9.66 Å². The van der Waals surface area contributed by atoms with Crippen molar-refractivity contribution in [3.63, 3.8) is 0 Å². The van der Waals surface area contributed by atoms with E-state index in [1.807, 2.05) is 35.7 Å². The van der Waals surface area contributed by atoms with Gasteiger partial charge in [0.25, 0.3) is 5.56 Å². The third kappa shape index (κ3) is 3.15. The van der Waals surface area contributed by atoms with Crippen LogP contribution in [0.25, 0.3) is 21.3 Å². The average Bonchev–Trinajstić information content (AvgIpc) is 3.28. The predicted molar refractivity (Wildman–Crippen MR) is 109 cm³/mol. The van der Waals surface area contributed by atoms with E-state index in [0.29, 0.717) is 32.8 Å². The van der Waals surface area contributed by atoms with Crippen molar-refractivity contribution in [2.75, 3.05) is 5.84 Å². The SMILES string of the molecule is Cc1nnc(SCc2nc3scc(-c4ccccc4)c3c(=O)n2CC#N)n1N. The van der Waals surface area contributed by atoms with Gasteiger partial charge in [0.15, 0.2) is 0 Å². The Bertz CT molecular complexity index is 1250. The second-order valence-electron chi connectivity index (χ2n) is 5.96. The smallest absolute Gasteiger partial charge is 0.263 e. The second-order valence-corrected chi connectivity index (χ2v) is 7.76. The van der Waals surface area contributed by atoms with Crippen LogP contribution in [-0.2, 0) is 12.3 Å². The lowest BCUT2D eigenvalue weighted by Crippen LogP contribution is -2.24. The van der Waals surface area contributed by atoms with Crippen LogP contribution in [0.3, 0.4) is 0 Å². The van der Waals surface area contributed by atoms with Crippen LogP contribution in [0.4, 0.5) is 0 Å². The molecule has 4 rings (SSSR count). The number of aromatic nitrogens is 5. The number of nitrogen functional groups attached to an aromatic ring is 1. The monoisotopic (exact) mass is 409 g/mol. The zero-order chi connectivity index (χ0) is 19.7. The number of hydrogen-bond donors (Lipinski definition) is 1. The Hall–Kier alpha value is -3.16. The Kier molecular flexibility index (Phi) is 4.85. The first kappa shape index (κ1) is 18.2. The summed E-state index contributed by atoms with van der Waals surface area (Å²) in [4.78, 5) is 18.5. The van der Waals surface area contributed by atoms with Crippen molar-refractivity contribution in [1.82, 2.24) is 24.4 Å². The van der Waals surface area contributed by atoms with E-state index >= 15 is 0 Å². The first-order chi connectivity index (χ1) is 13.6. The molecule has 0 unspecified atom stereocenters. The molecule has 0 amide bonds. The molecule has 0 saturated carbocycles. The van der Waals surface area contributed by atoms with Crippen molar-refractivity contribution < 1.29 is 0 Å².